The van der Waals surface area contributed by atoms with E-state index in [1.165, 1.54) is 49.7 Å². The minimum absolute atomic E-state index is 0.00176. The number of anilines is 1. The van der Waals surface area contributed by atoms with Crippen LogP contribution in [-0.4, -0.2) is 48.8 Å². The minimum Gasteiger partial charge on any atom is -0.481 e. The summed E-state index contributed by atoms with van der Waals surface area (Å²) in [5.74, 6) is -1.31. The molecule has 0 saturated heterocycles. The molecule has 1 aromatic heterocycles. The molecule has 140 valence electrons. The number of carboxylic acids is 1. The van der Waals surface area contributed by atoms with Gasteiger partial charge in [-0.25, -0.2) is 17.7 Å². The number of carbonyl (C=O) groups is 2. The van der Waals surface area contributed by atoms with Crippen molar-refractivity contribution in [1.82, 2.24) is 9.29 Å². The fraction of sp³-hybridized carbons (Fsp3) is 0.312. The Labute approximate surface area is 155 Å². The first-order chi connectivity index (χ1) is 12.1. The number of amides is 1. The molecule has 2 aromatic rings. The molecule has 0 spiro atoms. The second kappa shape index (κ2) is 7.94. The average Bonchev–Trinajstić information content (AvgIpc) is 2.92. The first-order valence-corrected chi connectivity index (χ1v) is 9.89. The van der Waals surface area contributed by atoms with Gasteiger partial charge in [-0.2, -0.15) is 0 Å². The van der Waals surface area contributed by atoms with E-state index in [9.17, 15) is 18.0 Å². The average molecular weight is 397 g/mol. The highest BCUT2D eigenvalue weighted by atomic mass is 32.2. The van der Waals surface area contributed by atoms with E-state index in [1.807, 2.05) is 0 Å². The summed E-state index contributed by atoms with van der Waals surface area (Å²) in [6, 6.07) is 5.60. The zero-order chi connectivity index (χ0) is 19.5. The molecule has 0 radical (unpaired) electrons. The second-order valence-electron chi connectivity index (χ2n) is 5.69. The van der Waals surface area contributed by atoms with Crippen LogP contribution in [0.3, 0.4) is 0 Å². The van der Waals surface area contributed by atoms with Crippen molar-refractivity contribution < 1.29 is 23.1 Å². The van der Waals surface area contributed by atoms with E-state index >= 15 is 0 Å². The van der Waals surface area contributed by atoms with E-state index in [0.29, 0.717) is 22.8 Å². The van der Waals surface area contributed by atoms with Crippen molar-refractivity contribution in [2.75, 3.05) is 19.4 Å². The Bertz CT molecular complexity index is 918. The number of aromatic nitrogens is 1. The molecule has 0 unspecified atom stereocenters. The Morgan fingerprint density at radius 1 is 1.23 bits per heavy atom. The molecule has 0 saturated carbocycles. The van der Waals surface area contributed by atoms with Gasteiger partial charge in [0.1, 0.15) is 0 Å². The lowest BCUT2D eigenvalue weighted by Gasteiger charge is -2.11. The van der Waals surface area contributed by atoms with Gasteiger partial charge in [-0.3, -0.25) is 14.9 Å². The normalized spacial score (nSPS) is 11.5. The maximum Gasteiger partial charge on any atom is 0.303 e. The number of benzene rings is 1. The number of sulfonamides is 1. The van der Waals surface area contributed by atoms with Crippen LogP contribution in [0, 0.1) is 6.92 Å². The summed E-state index contributed by atoms with van der Waals surface area (Å²) in [7, 11) is -0.684. The third kappa shape index (κ3) is 4.65. The molecular weight excluding hydrogens is 378 g/mol. The summed E-state index contributed by atoms with van der Waals surface area (Å²) < 4.78 is 25.2. The third-order valence-corrected chi connectivity index (χ3v) is 6.54. The van der Waals surface area contributed by atoms with Crippen molar-refractivity contribution in [3.63, 3.8) is 0 Å². The minimum atomic E-state index is -3.55. The molecule has 2 rings (SSSR count). The Balaban J connectivity index is 2.11. The van der Waals surface area contributed by atoms with Gasteiger partial charge in [-0.1, -0.05) is 0 Å². The fourth-order valence-electron chi connectivity index (χ4n) is 2.09. The molecule has 0 aliphatic carbocycles. The number of hydrogen-bond acceptors (Lipinski definition) is 6. The summed E-state index contributed by atoms with van der Waals surface area (Å²) in [4.78, 5) is 28.1. The maximum absolute atomic E-state index is 12.3. The van der Waals surface area contributed by atoms with Gasteiger partial charge in [0.15, 0.2) is 5.13 Å². The van der Waals surface area contributed by atoms with Crippen molar-refractivity contribution in [3.05, 3.63) is 40.4 Å². The molecule has 0 aliphatic rings. The van der Waals surface area contributed by atoms with Crippen LogP contribution in [0.15, 0.2) is 29.2 Å². The van der Waals surface area contributed by atoms with E-state index in [2.05, 4.69) is 10.3 Å². The topological polar surface area (TPSA) is 117 Å². The first kappa shape index (κ1) is 20.0. The molecular formula is C16H19N3O5S2. The highest BCUT2D eigenvalue weighted by Crippen LogP contribution is 2.24. The molecule has 0 fully saturated rings. The SMILES string of the molecule is Cc1nc(NC(=O)c2ccc(S(=O)(=O)N(C)C)cc2)sc1CCC(=O)O. The Morgan fingerprint density at radius 2 is 1.85 bits per heavy atom. The monoisotopic (exact) mass is 397 g/mol. The first-order valence-electron chi connectivity index (χ1n) is 7.63. The second-order valence-corrected chi connectivity index (χ2v) is 8.92. The van der Waals surface area contributed by atoms with Crippen LogP contribution in [-0.2, 0) is 21.2 Å². The lowest BCUT2D eigenvalue weighted by Crippen LogP contribution is -2.22. The van der Waals surface area contributed by atoms with Crippen LogP contribution in [0.4, 0.5) is 5.13 Å². The number of nitrogens with one attached hydrogen (secondary N) is 1. The van der Waals surface area contributed by atoms with Gasteiger partial charge in [0.2, 0.25) is 10.0 Å². The van der Waals surface area contributed by atoms with Crippen molar-refractivity contribution in [1.29, 1.82) is 0 Å². The zero-order valence-electron chi connectivity index (χ0n) is 14.5. The van der Waals surface area contributed by atoms with Crippen molar-refractivity contribution in [2.45, 2.75) is 24.7 Å². The summed E-state index contributed by atoms with van der Waals surface area (Å²) in [5, 5.41) is 11.8. The van der Waals surface area contributed by atoms with Gasteiger partial charge in [-0.05, 0) is 37.6 Å². The van der Waals surface area contributed by atoms with Gasteiger partial charge in [0.25, 0.3) is 5.91 Å². The van der Waals surface area contributed by atoms with E-state index in [0.717, 1.165) is 9.18 Å². The molecule has 2 N–H and O–H groups in total. The summed E-state index contributed by atoms with van der Waals surface area (Å²) >= 11 is 1.23. The van der Waals surface area contributed by atoms with Crippen LogP contribution in [0.5, 0.6) is 0 Å². The molecule has 0 aliphatic heterocycles. The van der Waals surface area contributed by atoms with E-state index in [4.69, 9.17) is 5.11 Å². The van der Waals surface area contributed by atoms with Gasteiger partial charge in [-0.15, -0.1) is 11.3 Å². The Hall–Kier alpha value is -2.30. The molecule has 26 heavy (non-hydrogen) atoms. The number of hydrogen-bond donors (Lipinski definition) is 2. The van der Waals surface area contributed by atoms with Gasteiger partial charge in [0.05, 0.1) is 17.0 Å². The van der Waals surface area contributed by atoms with Crippen molar-refractivity contribution in [3.8, 4) is 0 Å². The zero-order valence-corrected chi connectivity index (χ0v) is 16.1. The molecule has 1 aromatic carbocycles. The van der Waals surface area contributed by atoms with Crippen LogP contribution in [0.1, 0.15) is 27.3 Å². The number of thiazole rings is 1. The number of aliphatic carboxylic acids is 1. The van der Waals surface area contributed by atoms with Crippen LogP contribution in [0.25, 0.3) is 0 Å². The molecule has 0 atom stereocenters. The van der Waals surface area contributed by atoms with Gasteiger partial charge < -0.3 is 5.11 Å². The number of carboxylic acid groups (broad SMARTS) is 1. The molecule has 1 heterocycles. The van der Waals surface area contributed by atoms with Crippen molar-refractivity contribution in [2.24, 2.45) is 0 Å². The number of aryl methyl sites for hydroxylation is 2. The number of carbonyl (C=O) groups excluding carboxylic acids is 1. The highest BCUT2D eigenvalue weighted by molar-refractivity contribution is 7.89. The van der Waals surface area contributed by atoms with Crippen LogP contribution < -0.4 is 5.32 Å². The summed E-state index contributed by atoms with van der Waals surface area (Å²) in [5.41, 5.74) is 0.974. The molecule has 10 heteroatoms. The van der Waals surface area contributed by atoms with Crippen molar-refractivity contribution >= 4 is 38.4 Å². The molecule has 8 nitrogen and oxygen atoms in total. The summed E-state index contributed by atoms with van der Waals surface area (Å²) in [6.07, 6.45) is 0.351. The van der Waals surface area contributed by atoms with Gasteiger partial charge >= 0.3 is 5.97 Å². The summed E-state index contributed by atoms with van der Waals surface area (Å²) in [6.45, 7) is 1.75. The maximum atomic E-state index is 12.3. The highest BCUT2D eigenvalue weighted by Gasteiger charge is 2.18. The Kier molecular flexibility index (Phi) is 6.11. The quantitative estimate of drug-likeness (QED) is 0.738. The van der Waals surface area contributed by atoms with Crippen LogP contribution >= 0.6 is 11.3 Å². The lowest BCUT2D eigenvalue weighted by molar-refractivity contribution is -0.136. The lowest BCUT2D eigenvalue weighted by atomic mass is 10.2. The van der Waals surface area contributed by atoms with Gasteiger partial charge in [0, 0.05) is 24.5 Å². The smallest absolute Gasteiger partial charge is 0.303 e. The molecule has 0 bridgehead atoms. The number of nitrogens with zero attached hydrogens (tertiary/aromatic N) is 2. The number of rotatable bonds is 7. The fourth-order valence-corrected chi connectivity index (χ4v) is 3.95. The predicted octanol–water partition coefficient (Wildman–Crippen LogP) is 1.97. The molecule has 1 amide bonds. The van der Waals surface area contributed by atoms with E-state index in [1.54, 1.807) is 6.92 Å². The third-order valence-electron chi connectivity index (χ3n) is 3.57. The van der Waals surface area contributed by atoms with E-state index < -0.39 is 21.9 Å². The Morgan fingerprint density at radius 3 is 2.38 bits per heavy atom. The standard InChI is InChI=1S/C16H19N3O5S2/c1-10-13(8-9-14(20)21)25-16(17-10)18-15(22)11-4-6-12(7-5-11)26(23,24)19(2)3/h4-7H,8-9H2,1-3H3,(H,20,21)(H,17,18,22). The van der Waals surface area contributed by atoms with E-state index in [-0.39, 0.29) is 11.3 Å². The predicted molar refractivity (Wildman–Crippen MR) is 98.1 cm³/mol. The van der Waals surface area contributed by atoms with Crippen LogP contribution in [0.2, 0.25) is 0 Å². The largest absolute Gasteiger partial charge is 0.481 e.